The third-order valence-electron chi connectivity index (χ3n) is 4.81. The molecule has 1 atom stereocenters. The van der Waals surface area contributed by atoms with E-state index in [1.807, 2.05) is 18.2 Å². The van der Waals surface area contributed by atoms with Crippen molar-refractivity contribution in [3.05, 3.63) is 53.1 Å². The summed E-state index contributed by atoms with van der Waals surface area (Å²) in [6.07, 6.45) is 7.71. The van der Waals surface area contributed by atoms with Crippen molar-refractivity contribution >= 4 is 26.8 Å². The molecule has 7 nitrogen and oxygen atoms in total. The minimum Gasteiger partial charge on any atom is -0.356 e. The molecule has 4 aromatic rings. The van der Waals surface area contributed by atoms with Crippen molar-refractivity contribution in [3.63, 3.8) is 0 Å². The average Bonchev–Trinajstić information content (AvgIpc) is 3.34. The van der Waals surface area contributed by atoms with Crippen LogP contribution in [-0.4, -0.2) is 36.4 Å². The first kappa shape index (κ1) is 17.4. The third-order valence-corrected chi connectivity index (χ3v) is 5.27. The average molecular weight is 443 g/mol. The van der Waals surface area contributed by atoms with Gasteiger partial charge in [0.2, 0.25) is 0 Å². The predicted octanol–water partition coefficient (Wildman–Crippen LogP) is 4.28. The summed E-state index contributed by atoms with van der Waals surface area (Å²) in [5, 5.41) is 13.8. The SMILES string of the molecule is Fc1cc(Br)cc2c(-c3cn(-c4ccncc4)nn3)nn(C3CCCCO3)c12. The summed E-state index contributed by atoms with van der Waals surface area (Å²) in [4.78, 5) is 4.01. The number of ether oxygens (including phenoxy) is 1. The number of hydrogen-bond acceptors (Lipinski definition) is 5. The van der Waals surface area contributed by atoms with Gasteiger partial charge >= 0.3 is 0 Å². The number of rotatable bonds is 3. The van der Waals surface area contributed by atoms with Gasteiger partial charge in [-0.25, -0.2) is 13.8 Å². The second kappa shape index (κ2) is 7.06. The van der Waals surface area contributed by atoms with Crippen LogP contribution in [0.3, 0.4) is 0 Å². The van der Waals surface area contributed by atoms with E-state index in [1.165, 1.54) is 6.07 Å². The molecule has 0 bridgehead atoms. The number of hydrogen-bond donors (Lipinski definition) is 0. The lowest BCUT2D eigenvalue weighted by Crippen LogP contribution is -2.19. The number of aromatic nitrogens is 6. The number of benzene rings is 1. The second-order valence-electron chi connectivity index (χ2n) is 6.65. The Balaban J connectivity index is 1.66. The van der Waals surface area contributed by atoms with Crippen molar-refractivity contribution in [2.45, 2.75) is 25.5 Å². The first-order valence-corrected chi connectivity index (χ1v) is 9.82. The van der Waals surface area contributed by atoms with E-state index in [9.17, 15) is 4.39 Å². The molecule has 4 heterocycles. The molecule has 1 unspecified atom stereocenters. The maximum Gasteiger partial charge on any atom is 0.151 e. The molecule has 1 aliphatic heterocycles. The van der Waals surface area contributed by atoms with Gasteiger partial charge in [-0.2, -0.15) is 5.10 Å². The Bertz CT molecular complexity index is 1140. The first-order chi connectivity index (χ1) is 13.7. The van der Waals surface area contributed by atoms with E-state index < -0.39 is 0 Å². The van der Waals surface area contributed by atoms with Crippen LogP contribution in [-0.2, 0) is 4.74 Å². The zero-order chi connectivity index (χ0) is 19.1. The molecule has 1 fully saturated rings. The molecule has 5 rings (SSSR count). The molecule has 0 spiro atoms. The van der Waals surface area contributed by atoms with Crippen LogP contribution in [0.1, 0.15) is 25.5 Å². The van der Waals surface area contributed by atoms with Gasteiger partial charge in [-0.1, -0.05) is 21.1 Å². The normalized spacial score (nSPS) is 17.3. The Morgan fingerprint density at radius 3 is 2.82 bits per heavy atom. The molecule has 0 radical (unpaired) electrons. The van der Waals surface area contributed by atoms with Crippen LogP contribution in [0.15, 0.2) is 47.3 Å². The van der Waals surface area contributed by atoms with Gasteiger partial charge in [0.15, 0.2) is 6.23 Å². The molecule has 1 aliphatic rings. The molecule has 0 amide bonds. The van der Waals surface area contributed by atoms with Crippen LogP contribution in [0.2, 0.25) is 0 Å². The Morgan fingerprint density at radius 2 is 2.04 bits per heavy atom. The summed E-state index contributed by atoms with van der Waals surface area (Å²) >= 11 is 3.38. The monoisotopic (exact) mass is 442 g/mol. The largest absolute Gasteiger partial charge is 0.356 e. The summed E-state index contributed by atoms with van der Waals surface area (Å²) < 4.78 is 24.7. The van der Waals surface area contributed by atoms with Gasteiger partial charge in [0.05, 0.1) is 11.9 Å². The zero-order valence-corrected chi connectivity index (χ0v) is 16.4. The second-order valence-corrected chi connectivity index (χ2v) is 7.57. The van der Waals surface area contributed by atoms with Crippen molar-refractivity contribution in [2.75, 3.05) is 6.61 Å². The number of fused-ring (bicyclic) bond motifs is 1. The molecular formula is C19H16BrFN6O. The number of halogens is 2. The molecular weight excluding hydrogens is 427 g/mol. The summed E-state index contributed by atoms with van der Waals surface area (Å²) in [7, 11) is 0. The van der Waals surface area contributed by atoms with E-state index in [4.69, 9.17) is 9.84 Å². The van der Waals surface area contributed by atoms with Crippen LogP contribution in [0, 0.1) is 5.82 Å². The van der Waals surface area contributed by atoms with Crippen molar-refractivity contribution in [3.8, 4) is 17.1 Å². The minimum absolute atomic E-state index is 0.282. The van der Waals surface area contributed by atoms with Crippen LogP contribution in [0.5, 0.6) is 0 Å². The lowest BCUT2D eigenvalue weighted by Gasteiger charge is -2.23. The summed E-state index contributed by atoms with van der Waals surface area (Å²) in [6.45, 7) is 0.651. The molecule has 3 aromatic heterocycles. The van der Waals surface area contributed by atoms with Gasteiger partial charge in [0, 0.05) is 28.9 Å². The Labute approximate surface area is 168 Å². The molecule has 142 valence electrons. The van der Waals surface area contributed by atoms with E-state index in [0.717, 1.165) is 24.9 Å². The van der Waals surface area contributed by atoms with Gasteiger partial charge in [0.25, 0.3) is 0 Å². The van der Waals surface area contributed by atoms with Crippen molar-refractivity contribution in [2.24, 2.45) is 0 Å². The van der Waals surface area contributed by atoms with Gasteiger partial charge in [0.1, 0.15) is 22.7 Å². The smallest absolute Gasteiger partial charge is 0.151 e. The fourth-order valence-corrected chi connectivity index (χ4v) is 3.93. The highest BCUT2D eigenvalue weighted by atomic mass is 79.9. The number of nitrogens with zero attached hydrogens (tertiary/aromatic N) is 6. The highest BCUT2D eigenvalue weighted by Gasteiger charge is 2.25. The standard InChI is InChI=1S/C19H16BrFN6O/c20-12-9-14-18(16-11-26(25-23-16)13-4-6-22-7-5-13)24-27(19(14)15(21)10-12)17-3-1-2-8-28-17/h4-7,9-11,17H,1-3,8H2. The van der Waals surface area contributed by atoms with Gasteiger partial charge in [-0.15, -0.1) is 5.10 Å². The van der Waals surface area contributed by atoms with Crippen LogP contribution < -0.4 is 0 Å². The fourth-order valence-electron chi connectivity index (χ4n) is 3.50. The topological polar surface area (TPSA) is 70.7 Å². The van der Waals surface area contributed by atoms with Crippen molar-refractivity contribution < 1.29 is 9.13 Å². The fraction of sp³-hybridized carbons (Fsp3) is 0.263. The molecule has 28 heavy (non-hydrogen) atoms. The lowest BCUT2D eigenvalue weighted by atomic mass is 10.1. The van der Waals surface area contributed by atoms with Crippen molar-refractivity contribution in [1.82, 2.24) is 29.8 Å². The molecule has 1 saturated heterocycles. The third kappa shape index (κ3) is 3.00. The van der Waals surface area contributed by atoms with Gasteiger partial charge in [-0.3, -0.25) is 4.98 Å². The molecule has 0 N–H and O–H groups in total. The van der Waals surface area contributed by atoms with Gasteiger partial charge in [-0.05, 0) is 43.5 Å². The maximum atomic E-state index is 14.9. The Morgan fingerprint density at radius 1 is 1.18 bits per heavy atom. The first-order valence-electron chi connectivity index (χ1n) is 9.03. The van der Waals surface area contributed by atoms with Crippen molar-refractivity contribution in [1.29, 1.82) is 0 Å². The van der Waals surface area contributed by atoms with E-state index in [0.29, 0.717) is 33.4 Å². The molecule has 0 saturated carbocycles. The Kier molecular flexibility index (Phi) is 4.40. The lowest BCUT2D eigenvalue weighted by molar-refractivity contribution is -0.0368. The molecule has 1 aromatic carbocycles. The highest BCUT2D eigenvalue weighted by Crippen LogP contribution is 2.35. The minimum atomic E-state index is -0.348. The summed E-state index contributed by atoms with van der Waals surface area (Å²) in [6, 6.07) is 6.97. The zero-order valence-electron chi connectivity index (χ0n) is 14.8. The quantitative estimate of drug-likeness (QED) is 0.473. The van der Waals surface area contributed by atoms with E-state index >= 15 is 0 Å². The van der Waals surface area contributed by atoms with E-state index in [-0.39, 0.29) is 12.0 Å². The van der Waals surface area contributed by atoms with E-state index in [2.05, 4.69) is 31.2 Å². The highest BCUT2D eigenvalue weighted by molar-refractivity contribution is 9.10. The predicted molar refractivity (Wildman–Crippen MR) is 104 cm³/mol. The summed E-state index contributed by atoms with van der Waals surface area (Å²) in [5.74, 6) is -0.348. The molecule has 0 aliphatic carbocycles. The maximum absolute atomic E-state index is 14.9. The molecule has 9 heteroatoms. The van der Waals surface area contributed by atoms with Crippen LogP contribution >= 0.6 is 15.9 Å². The Hall–Kier alpha value is -2.65. The van der Waals surface area contributed by atoms with Crippen LogP contribution in [0.4, 0.5) is 4.39 Å². The summed E-state index contributed by atoms with van der Waals surface area (Å²) in [5.41, 5.74) is 2.39. The number of pyridine rings is 1. The van der Waals surface area contributed by atoms with Crippen LogP contribution in [0.25, 0.3) is 28.0 Å². The van der Waals surface area contributed by atoms with E-state index in [1.54, 1.807) is 28.0 Å². The van der Waals surface area contributed by atoms with Gasteiger partial charge < -0.3 is 4.74 Å².